The molecule has 1 atom stereocenters. The van der Waals surface area contributed by atoms with Gasteiger partial charge in [0.1, 0.15) is 6.04 Å². The van der Waals surface area contributed by atoms with Gasteiger partial charge in [-0.3, -0.25) is 14.6 Å². The predicted molar refractivity (Wildman–Crippen MR) is 72.9 cm³/mol. The smallest absolute Gasteiger partial charge is 0.322 e. The summed E-state index contributed by atoms with van der Waals surface area (Å²) < 4.78 is 30.0. The molecule has 116 valence electrons. The molecule has 1 heterocycles. The zero-order valence-corrected chi connectivity index (χ0v) is 12.2. The summed E-state index contributed by atoms with van der Waals surface area (Å²) in [6.45, 7) is 0. The molecule has 8 nitrogen and oxygen atoms in total. The summed E-state index contributed by atoms with van der Waals surface area (Å²) in [7, 11) is -2.76. The summed E-state index contributed by atoms with van der Waals surface area (Å²) >= 11 is 0. The average molecular weight is 316 g/mol. The van der Waals surface area contributed by atoms with E-state index >= 15 is 0 Å². The van der Waals surface area contributed by atoms with E-state index in [1.807, 2.05) is 4.72 Å². The second-order valence-electron chi connectivity index (χ2n) is 4.18. The zero-order chi connectivity index (χ0) is 15.9. The normalized spacial score (nSPS) is 12.6. The van der Waals surface area contributed by atoms with Crippen molar-refractivity contribution < 1.29 is 27.9 Å². The topological polar surface area (TPSA) is 123 Å². The van der Waals surface area contributed by atoms with Gasteiger partial charge < -0.3 is 9.84 Å². The number of carbonyl (C=O) groups excluding carboxylic acids is 1. The maximum atomic E-state index is 11.8. The van der Waals surface area contributed by atoms with Crippen LogP contribution in [0, 0.1) is 0 Å². The summed E-state index contributed by atoms with van der Waals surface area (Å²) in [5.41, 5.74) is 0.572. The number of aryl methyl sites for hydroxylation is 1. The lowest BCUT2D eigenvalue weighted by molar-refractivity contribution is -0.147. The second kappa shape index (κ2) is 7.70. The van der Waals surface area contributed by atoms with Gasteiger partial charge in [-0.25, -0.2) is 13.1 Å². The van der Waals surface area contributed by atoms with E-state index < -0.39 is 34.4 Å². The summed E-state index contributed by atoms with van der Waals surface area (Å²) in [5.74, 6) is -2.58. The highest BCUT2D eigenvalue weighted by Gasteiger charge is 2.26. The lowest BCUT2D eigenvalue weighted by Gasteiger charge is -2.13. The molecule has 2 N–H and O–H groups in total. The Morgan fingerprint density at radius 2 is 2.14 bits per heavy atom. The van der Waals surface area contributed by atoms with Crippen LogP contribution in [0.25, 0.3) is 0 Å². The van der Waals surface area contributed by atoms with Crippen molar-refractivity contribution in [2.75, 3.05) is 12.9 Å². The molecule has 1 aromatic heterocycles. The Morgan fingerprint density at radius 1 is 1.43 bits per heavy atom. The number of ether oxygens (including phenoxy) is 1. The number of aliphatic carboxylic acids is 1. The van der Waals surface area contributed by atoms with Gasteiger partial charge in [0, 0.05) is 18.3 Å². The van der Waals surface area contributed by atoms with Crippen LogP contribution in [0.2, 0.25) is 0 Å². The van der Waals surface area contributed by atoms with E-state index in [9.17, 15) is 18.0 Å². The number of esters is 1. The standard InChI is InChI=1S/C12H16N2O6S/c1-20-11(15)8-10(12(16)17)14-21(18,19)7-5-9-4-2-3-6-13-9/h2-4,6,10,14H,5,7-8H2,1H3,(H,16,17)/t10-/m0/s1. The molecule has 0 radical (unpaired) electrons. The molecule has 0 aliphatic heterocycles. The Bertz CT molecular complexity index is 587. The van der Waals surface area contributed by atoms with E-state index in [2.05, 4.69) is 9.72 Å². The third-order valence-electron chi connectivity index (χ3n) is 2.57. The molecule has 1 aromatic rings. The van der Waals surface area contributed by atoms with Crippen LogP contribution in [-0.4, -0.2) is 49.4 Å². The van der Waals surface area contributed by atoms with E-state index in [1.165, 1.54) is 6.20 Å². The van der Waals surface area contributed by atoms with Crippen LogP contribution in [-0.2, 0) is 30.8 Å². The first-order valence-corrected chi connectivity index (χ1v) is 7.69. The van der Waals surface area contributed by atoms with Gasteiger partial charge in [-0.15, -0.1) is 0 Å². The number of carbonyl (C=O) groups is 2. The van der Waals surface area contributed by atoms with Crippen molar-refractivity contribution >= 4 is 22.0 Å². The molecule has 0 bridgehead atoms. The molecule has 0 unspecified atom stereocenters. The van der Waals surface area contributed by atoms with Gasteiger partial charge in [-0.05, 0) is 12.1 Å². The second-order valence-corrected chi connectivity index (χ2v) is 6.05. The van der Waals surface area contributed by atoms with Crippen molar-refractivity contribution in [2.45, 2.75) is 18.9 Å². The molecule has 0 spiro atoms. The number of rotatable bonds is 8. The van der Waals surface area contributed by atoms with Crippen molar-refractivity contribution in [3.05, 3.63) is 30.1 Å². The highest BCUT2D eigenvalue weighted by atomic mass is 32.2. The monoisotopic (exact) mass is 316 g/mol. The summed E-state index contributed by atoms with van der Waals surface area (Å²) in [6.07, 6.45) is 1.10. The third kappa shape index (κ3) is 6.32. The van der Waals surface area contributed by atoms with Crippen molar-refractivity contribution in [1.29, 1.82) is 0 Å². The lowest BCUT2D eigenvalue weighted by atomic mass is 10.2. The van der Waals surface area contributed by atoms with Crippen LogP contribution in [0.3, 0.4) is 0 Å². The van der Waals surface area contributed by atoms with Crippen molar-refractivity contribution in [2.24, 2.45) is 0 Å². The maximum Gasteiger partial charge on any atom is 0.322 e. The first kappa shape index (κ1) is 17.1. The Labute approximate surface area is 122 Å². The minimum atomic E-state index is -3.86. The number of sulfonamides is 1. The Hall–Kier alpha value is -2.00. The SMILES string of the molecule is COC(=O)C[C@H](NS(=O)(=O)CCc1ccccn1)C(=O)O. The first-order valence-electron chi connectivity index (χ1n) is 6.03. The minimum absolute atomic E-state index is 0.140. The molecule has 0 saturated heterocycles. The fraction of sp³-hybridized carbons (Fsp3) is 0.417. The van der Waals surface area contributed by atoms with Crippen LogP contribution in [0.15, 0.2) is 24.4 Å². The van der Waals surface area contributed by atoms with E-state index in [0.717, 1.165) is 7.11 Å². The molecule has 0 fully saturated rings. The number of methoxy groups -OCH3 is 1. The zero-order valence-electron chi connectivity index (χ0n) is 11.4. The van der Waals surface area contributed by atoms with Gasteiger partial charge in [0.2, 0.25) is 10.0 Å². The molecule has 1 rings (SSSR count). The highest BCUT2D eigenvalue weighted by Crippen LogP contribution is 2.02. The van der Waals surface area contributed by atoms with Crippen molar-refractivity contribution in [3.63, 3.8) is 0 Å². The highest BCUT2D eigenvalue weighted by molar-refractivity contribution is 7.89. The number of hydrogen-bond donors (Lipinski definition) is 2. The van der Waals surface area contributed by atoms with Gasteiger partial charge >= 0.3 is 11.9 Å². The van der Waals surface area contributed by atoms with Crippen molar-refractivity contribution in [3.8, 4) is 0 Å². The number of nitrogens with zero attached hydrogens (tertiary/aromatic N) is 1. The predicted octanol–water partition coefficient (Wildman–Crippen LogP) is -0.440. The molecular weight excluding hydrogens is 300 g/mol. The molecule has 9 heteroatoms. The Balaban J connectivity index is 2.64. The molecule has 0 amide bonds. The van der Waals surface area contributed by atoms with Crippen molar-refractivity contribution in [1.82, 2.24) is 9.71 Å². The van der Waals surface area contributed by atoms with Crippen LogP contribution in [0.5, 0.6) is 0 Å². The molecular formula is C12H16N2O6S. The largest absolute Gasteiger partial charge is 0.480 e. The molecule has 0 aliphatic rings. The van der Waals surface area contributed by atoms with Crippen LogP contribution in [0.4, 0.5) is 0 Å². The third-order valence-corrected chi connectivity index (χ3v) is 3.96. The van der Waals surface area contributed by atoms with Gasteiger partial charge in [0.25, 0.3) is 0 Å². The quantitative estimate of drug-likeness (QED) is 0.623. The number of hydrogen-bond acceptors (Lipinski definition) is 6. The van der Waals surface area contributed by atoms with Gasteiger partial charge in [-0.2, -0.15) is 0 Å². The number of pyridine rings is 1. The first-order chi connectivity index (χ1) is 9.84. The van der Waals surface area contributed by atoms with E-state index in [1.54, 1.807) is 18.2 Å². The van der Waals surface area contributed by atoms with Gasteiger partial charge in [0.15, 0.2) is 0 Å². The molecule has 0 aromatic carbocycles. The maximum absolute atomic E-state index is 11.8. The number of carboxylic acids is 1. The molecule has 0 saturated carbocycles. The fourth-order valence-electron chi connectivity index (χ4n) is 1.49. The Kier molecular flexibility index (Phi) is 6.25. The van der Waals surface area contributed by atoms with E-state index in [-0.39, 0.29) is 12.2 Å². The average Bonchev–Trinajstić information content (AvgIpc) is 2.45. The summed E-state index contributed by atoms with van der Waals surface area (Å²) in [5, 5.41) is 8.92. The molecule has 0 aliphatic carbocycles. The van der Waals surface area contributed by atoms with Crippen LogP contribution >= 0.6 is 0 Å². The summed E-state index contributed by atoms with van der Waals surface area (Å²) in [4.78, 5) is 26.0. The summed E-state index contributed by atoms with van der Waals surface area (Å²) in [6, 6.07) is 3.54. The number of nitrogens with one attached hydrogen (secondary N) is 1. The van der Waals surface area contributed by atoms with E-state index in [4.69, 9.17) is 5.11 Å². The minimum Gasteiger partial charge on any atom is -0.480 e. The number of carboxylic acid groups (broad SMARTS) is 1. The van der Waals surface area contributed by atoms with Gasteiger partial charge in [-0.1, -0.05) is 6.07 Å². The fourth-order valence-corrected chi connectivity index (χ4v) is 2.70. The van der Waals surface area contributed by atoms with Gasteiger partial charge in [0.05, 0.1) is 19.3 Å². The van der Waals surface area contributed by atoms with Crippen LogP contribution in [0.1, 0.15) is 12.1 Å². The van der Waals surface area contributed by atoms with Crippen LogP contribution < -0.4 is 4.72 Å². The number of aromatic nitrogens is 1. The van der Waals surface area contributed by atoms with E-state index in [0.29, 0.717) is 5.69 Å². The Morgan fingerprint density at radius 3 is 2.67 bits per heavy atom. The molecule has 21 heavy (non-hydrogen) atoms. The lowest BCUT2D eigenvalue weighted by Crippen LogP contribution is -2.43.